The predicted octanol–water partition coefficient (Wildman–Crippen LogP) is 7.80. The highest BCUT2D eigenvalue weighted by atomic mass is 16.5. The Morgan fingerprint density at radius 2 is 1.00 bits per heavy atom. The summed E-state index contributed by atoms with van der Waals surface area (Å²) in [4.78, 5) is 24.0. The second-order valence-electron chi connectivity index (χ2n) is 9.71. The molecule has 204 valence electrons. The molecular weight excluding hydrogens is 468 g/mol. The lowest BCUT2D eigenvalue weighted by atomic mass is 10.0. The first kappa shape index (κ1) is 30.2. The summed E-state index contributed by atoms with van der Waals surface area (Å²) >= 11 is 0. The summed E-state index contributed by atoms with van der Waals surface area (Å²) in [5.41, 5.74) is 1.51. The van der Waals surface area contributed by atoms with Crippen LogP contribution in [0.2, 0.25) is 0 Å². The third kappa shape index (κ3) is 12.2. The van der Waals surface area contributed by atoms with Gasteiger partial charge in [-0.1, -0.05) is 77.3 Å². The fourth-order valence-corrected chi connectivity index (χ4v) is 4.22. The van der Waals surface area contributed by atoms with Crippen LogP contribution in [0.15, 0.2) is 36.4 Å². The Bertz CT molecular complexity index is 891. The van der Waals surface area contributed by atoms with E-state index in [0.29, 0.717) is 43.6 Å². The van der Waals surface area contributed by atoms with Crippen molar-refractivity contribution in [3.05, 3.63) is 47.5 Å². The number of hydrogen-bond donors (Lipinski definition) is 2. The molecule has 2 N–H and O–H groups in total. The van der Waals surface area contributed by atoms with Gasteiger partial charge in [-0.3, -0.25) is 9.59 Å². The highest BCUT2D eigenvalue weighted by molar-refractivity contribution is 5.73. The zero-order valence-electron chi connectivity index (χ0n) is 22.6. The SMILES string of the molecule is CCCCCCCC(=O)Oc1ccc(CCCc2ccc(OC(=O)CCCCCCC)cc2O)c(O)c1. The minimum Gasteiger partial charge on any atom is -0.508 e. The molecule has 0 bridgehead atoms. The molecule has 6 nitrogen and oxygen atoms in total. The van der Waals surface area contributed by atoms with Crippen LogP contribution in [0.4, 0.5) is 0 Å². The van der Waals surface area contributed by atoms with E-state index in [1.54, 1.807) is 24.3 Å². The first-order valence-corrected chi connectivity index (χ1v) is 14.0. The van der Waals surface area contributed by atoms with Crippen LogP contribution in [-0.4, -0.2) is 22.2 Å². The van der Waals surface area contributed by atoms with E-state index >= 15 is 0 Å². The Hall–Kier alpha value is -3.02. The lowest BCUT2D eigenvalue weighted by molar-refractivity contribution is -0.135. The first-order chi connectivity index (χ1) is 17.9. The Morgan fingerprint density at radius 3 is 1.38 bits per heavy atom. The van der Waals surface area contributed by atoms with Gasteiger partial charge in [-0.2, -0.15) is 0 Å². The molecule has 0 unspecified atom stereocenters. The van der Waals surface area contributed by atoms with Gasteiger partial charge in [0.25, 0.3) is 0 Å². The Kier molecular flexibility index (Phi) is 14.2. The number of benzene rings is 2. The normalized spacial score (nSPS) is 10.9. The molecule has 0 radical (unpaired) electrons. The van der Waals surface area contributed by atoms with Crippen molar-refractivity contribution in [3.8, 4) is 23.0 Å². The second kappa shape index (κ2) is 17.4. The number of aryl methyl sites for hydroxylation is 2. The Morgan fingerprint density at radius 1 is 0.595 bits per heavy atom. The van der Waals surface area contributed by atoms with E-state index in [0.717, 1.165) is 49.7 Å². The van der Waals surface area contributed by atoms with Crippen molar-refractivity contribution in [2.45, 2.75) is 110 Å². The molecule has 37 heavy (non-hydrogen) atoms. The maximum absolute atomic E-state index is 12.0. The van der Waals surface area contributed by atoms with Crippen LogP contribution >= 0.6 is 0 Å². The molecule has 0 saturated carbocycles. The topological polar surface area (TPSA) is 93.1 Å². The van der Waals surface area contributed by atoms with Gasteiger partial charge >= 0.3 is 11.9 Å². The number of ether oxygens (including phenoxy) is 2. The van der Waals surface area contributed by atoms with Crippen LogP contribution in [0.5, 0.6) is 23.0 Å². The maximum atomic E-state index is 12.0. The van der Waals surface area contributed by atoms with E-state index in [2.05, 4.69) is 13.8 Å². The highest BCUT2D eigenvalue weighted by Crippen LogP contribution is 2.28. The summed E-state index contributed by atoms with van der Waals surface area (Å²) in [6.07, 6.45) is 13.3. The smallest absolute Gasteiger partial charge is 0.311 e. The minimum atomic E-state index is -0.278. The molecule has 0 spiro atoms. The molecule has 2 aromatic carbocycles. The van der Waals surface area contributed by atoms with Crippen LogP contribution in [-0.2, 0) is 22.4 Å². The van der Waals surface area contributed by atoms with E-state index in [4.69, 9.17) is 9.47 Å². The Balaban J connectivity index is 1.75. The molecule has 6 heteroatoms. The number of rotatable bonds is 18. The van der Waals surface area contributed by atoms with Crippen LogP contribution in [0, 0.1) is 0 Å². The molecule has 0 aromatic heterocycles. The maximum Gasteiger partial charge on any atom is 0.311 e. The van der Waals surface area contributed by atoms with Gasteiger partial charge in [0, 0.05) is 25.0 Å². The van der Waals surface area contributed by atoms with E-state index in [-0.39, 0.29) is 23.4 Å². The quantitative estimate of drug-likeness (QED) is 0.120. The van der Waals surface area contributed by atoms with Gasteiger partial charge in [0.15, 0.2) is 0 Å². The fourth-order valence-electron chi connectivity index (χ4n) is 4.22. The summed E-state index contributed by atoms with van der Waals surface area (Å²) < 4.78 is 10.7. The number of unbranched alkanes of at least 4 members (excludes halogenated alkanes) is 8. The fraction of sp³-hybridized carbons (Fsp3) is 0.548. The van der Waals surface area contributed by atoms with E-state index < -0.39 is 0 Å². The third-order valence-electron chi connectivity index (χ3n) is 6.44. The van der Waals surface area contributed by atoms with Gasteiger partial charge in [-0.15, -0.1) is 0 Å². The van der Waals surface area contributed by atoms with Crippen molar-refractivity contribution in [1.82, 2.24) is 0 Å². The van der Waals surface area contributed by atoms with Gasteiger partial charge in [0.2, 0.25) is 0 Å². The van der Waals surface area contributed by atoms with Crippen LogP contribution in [0.1, 0.15) is 108 Å². The largest absolute Gasteiger partial charge is 0.508 e. The average molecular weight is 513 g/mol. The predicted molar refractivity (Wildman–Crippen MR) is 146 cm³/mol. The first-order valence-electron chi connectivity index (χ1n) is 14.0. The number of carbonyl (C=O) groups excluding carboxylic acids is 2. The standard InChI is InChI=1S/C31H44O6/c1-3-5-7-9-11-16-30(34)36-26-20-18-24(28(32)22-26)14-13-15-25-19-21-27(23-29(25)33)37-31(35)17-12-10-8-6-4-2/h18-23,32-33H,3-17H2,1-2H3. The summed E-state index contributed by atoms with van der Waals surface area (Å²) in [5, 5.41) is 20.7. The second-order valence-corrected chi connectivity index (χ2v) is 9.71. The number of phenols is 2. The monoisotopic (exact) mass is 512 g/mol. The van der Waals surface area contributed by atoms with Gasteiger partial charge in [-0.05, 0) is 55.4 Å². The molecule has 0 aliphatic heterocycles. The third-order valence-corrected chi connectivity index (χ3v) is 6.44. The lowest BCUT2D eigenvalue weighted by Gasteiger charge is -2.10. The van der Waals surface area contributed by atoms with Crippen molar-refractivity contribution in [2.75, 3.05) is 0 Å². The summed E-state index contributed by atoms with van der Waals surface area (Å²) in [5.74, 6) is 0.330. The molecule has 2 rings (SSSR count). The molecule has 0 saturated heterocycles. The minimum absolute atomic E-state index is 0.0921. The molecule has 0 heterocycles. The zero-order chi connectivity index (χ0) is 26.9. The van der Waals surface area contributed by atoms with Crippen molar-refractivity contribution in [3.63, 3.8) is 0 Å². The van der Waals surface area contributed by atoms with Crippen LogP contribution in [0.3, 0.4) is 0 Å². The van der Waals surface area contributed by atoms with E-state index in [9.17, 15) is 19.8 Å². The van der Waals surface area contributed by atoms with E-state index in [1.165, 1.54) is 37.8 Å². The molecule has 0 atom stereocenters. The number of carbonyl (C=O) groups is 2. The molecular formula is C31H44O6. The molecule has 2 aromatic rings. The van der Waals surface area contributed by atoms with Gasteiger partial charge < -0.3 is 19.7 Å². The van der Waals surface area contributed by atoms with E-state index in [1.807, 2.05) is 0 Å². The van der Waals surface area contributed by atoms with Crippen molar-refractivity contribution >= 4 is 11.9 Å². The molecule has 0 aliphatic rings. The molecule has 0 fully saturated rings. The lowest BCUT2D eigenvalue weighted by Crippen LogP contribution is -2.07. The number of aromatic hydroxyl groups is 2. The van der Waals surface area contributed by atoms with Crippen LogP contribution < -0.4 is 9.47 Å². The highest BCUT2D eigenvalue weighted by Gasteiger charge is 2.11. The van der Waals surface area contributed by atoms with Crippen molar-refractivity contribution in [2.24, 2.45) is 0 Å². The zero-order valence-corrected chi connectivity index (χ0v) is 22.6. The van der Waals surface area contributed by atoms with Crippen LogP contribution in [0.25, 0.3) is 0 Å². The summed E-state index contributed by atoms with van der Waals surface area (Å²) in [6.45, 7) is 4.31. The van der Waals surface area contributed by atoms with Gasteiger partial charge in [-0.25, -0.2) is 0 Å². The summed E-state index contributed by atoms with van der Waals surface area (Å²) in [7, 11) is 0. The number of phenolic OH excluding ortho intramolecular Hbond substituents is 2. The summed E-state index contributed by atoms with van der Waals surface area (Å²) in [6, 6.07) is 9.90. The van der Waals surface area contributed by atoms with Crippen molar-refractivity contribution in [1.29, 1.82) is 0 Å². The van der Waals surface area contributed by atoms with Gasteiger partial charge in [0.05, 0.1) is 0 Å². The van der Waals surface area contributed by atoms with Gasteiger partial charge in [0.1, 0.15) is 23.0 Å². The Labute approximate surface area is 222 Å². The van der Waals surface area contributed by atoms with Crippen molar-refractivity contribution < 1.29 is 29.3 Å². The average Bonchev–Trinajstić information content (AvgIpc) is 2.86. The number of esters is 2. The number of hydrogen-bond acceptors (Lipinski definition) is 6. The molecule has 0 amide bonds. The molecule has 0 aliphatic carbocycles.